The molecule has 0 N–H and O–H groups in total. The summed E-state index contributed by atoms with van der Waals surface area (Å²) < 4.78 is 50.6. The van der Waals surface area contributed by atoms with Crippen LogP contribution in [-0.2, 0) is 9.31 Å². The number of amides is 1. The third-order valence-electron chi connectivity index (χ3n) is 5.79. The van der Waals surface area contributed by atoms with E-state index in [1.807, 2.05) is 27.7 Å². The summed E-state index contributed by atoms with van der Waals surface area (Å²) in [6, 6.07) is 3.40. The minimum Gasteiger partial charge on any atom is -0.399 e. The number of piperidine rings is 1. The lowest BCUT2D eigenvalue weighted by Gasteiger charge is -2.33. The van der Waals surface area contributed by atoms with Crippen molar-refractivity contribution in [2.75, 3.05) is 13.1 Å². The SMILES string of the molecule is CC1(C)OB(c2cccnc2C(=O)N2CCC(C(F)(F)F)CC2)OC1(C)C. The molecule has 3 rings (SSSR count). The predicted molar refractivity (Wildman–Crippen MR) is 94.6 cm³/mol. The zero-order valence-corrected chi connectivity index (χ0v) is 16.0. The number of hydrogen-bond acceptors (Lipinski definition) is 4. The molecule has 148 valence electrons. The highest BCUT2D eigenvalue weighted by Crippen LogP contribution is 2.37. The fourth-order valence-corrected chi connectivity index (χ4v) is 3.32. The van der Waals surface area contributed by atoms with Crippen LogP contribution in [0.25, 0.3) is 0 Å². The van der Waals surface area contributed by atoms with Gasteiger partial charge in [0.2, 0.25) is 0 Å². The van der Waals surface area contributed by atoms with Gasteiger partial charge in [0.1, 0.15) is 5.69 Å². The van der Waals surface area contributed by atoms with Crippen LogP contribution in [0.4, 0.5) is 13.2 Å². The summed E-state index contributed by atoms with van der Waals surface area (Å²) in [5.41, 5.74) is -0.474. The van der Waals surface area contributed by atoms with Crippen molar-refractivity contribution in [3.63, 3.8) is 0 Å². The third-order valence-corrected chi connectivity index (χ3v) is 5.79. The molecule has 2 aliphatic rings. The smallest absolute Gasteiger partial charge is 0.399 e. The Morgan fingerprint density at radius 1 is 1.19 bits per heavy atom. The van der Waals surface area contributed by atoms with Crippen LogP contribution in [0.2, 0.25) is 0 Å². The maximum atomic E-state index is 12.9. The first-order valence-electron chi connectivity index (χ1n) is 9.09. The number of aromatic nitrogens is 1. The second-order valence-electron chi connectivity index (χ2n) is 8.14. The second kappa shape index (κ2) is 6.77. The Balaban J connectivity index is 1.78. The van der Waals surface area contributed by atoms with Crippen molar-refractivity contribution in [2.24, 2.45) is 5.92 Å². The van der Waals surface area contributed by atoms with Crippen LogP contribution in [0.5, 0.6) is 0 Å². The molecule has 2 aliphatic heterocycles. The van der Waals surface area contributed by atoms with Crippen molar-refractivity contribution in [3.8, 4) is 0 Å². The van der Waals surface area contributed by atoms with E-state index in [4.69, 9.17) is 9.31 Å². The first-order valence-corrected chi connectivity index (χ1v) is 9.09. The maximum absolute atomic E-state index is 12.9. The molecule has 27 heavy (non-hydrogen) atoms. The molecule has 0 radical (unpaired) electrons. The zero-order chi connectivity index (χ0) is 20.0. The molecule has 0 aromatic carbocycles. The molecule has 1 aromatic rings. The average molecular weight is 384 g/mol. The Kier molecular flexibility index (Phi) is 5.05. The molecule has 0 unspecified atom stereocenters. The number of pyridine rings is 1. The molecule has 0 spiro atoms. The zero-order valence-electron chi connectivity index (χ0n) is 16.0. The van der Waals surface area contributed by atoms with Gasteiger partial charge in [0, 0.05) is 24.7 Å². The first-order chi connectivity index (χ1) is 12.4. The van der Waals surface area contributed by atoms with Crippen molar-refractivity contribution in [1.82, 2.24) is 9.88 Å². The van der Waals surface area contributed by atoms with Gasteiger partial charge in [-0.2, -0.15) is 13.2 Å². The highest BCUT2D eigenvalue weighted by atomic mass is 19.4. The van der Waals surface area contributed by atoms with E-state index >= 15 is 0 Å². The fourth-order valence-electron chi connectivity index (χ4n) is 3.32. The Morgan fingerprint density at radius 3 is 2.26 bits per heavy atom. The number of likely N-dealkylation sites (tertiary alicyclic amines) is 1. The van der Waals surface area contributed by atoms with Crippen molar-refractivity contribution in [3.05, 3.63) is 24.0 Å². The summed E-state index contributed by atoms with van der Waals surface area (Å²) in [6.07, 6.45) is -2.90. The monoisotopic (exact) mass is 384 g/mol. The Hall–Kier alpha value is -1.61. The van der Waals surface area contributed by atoms with E-state index in [2.05, 4.69) is 4.98 Å². The van der Waals surface area contributed by atoms with Crippen LogP contribution < -0.4 is 5.46 Å². The minimum atomic E-state index is -4.21. The van der Waals surface area contributed by atoms with Gasteiger partial charge in [-0.1, -0.05) is 6.07 Å². The second-order valence-corrected chi connectivity index (χ2v) is 8.14. The molecule has 5 nitrogen and oxygen atoms in total. The predicted octanol–water partition coefficient (Wildman–Crippen LogP) is 2.80. The van der Waals surface area contributed by atoms with Crippen LogP contribution in [0.15, 0.2) is 18.3 Å². The molecule has 0 bridgehead atoms. The average Bonchev–Trinajstić information content (AvgIpc) is 2.81. The van der Waals surface area contributed by atoms with Gasteiger partial charge in [-0.3, -0.25) is 9.78 Å². The van der Waals surface area contributed by atoms with E-state index in [0.717, 1.165) is 0 Å². The van der Waals surface area contributed by atoms with E-state index in [9.17, 15) is 18.0 Å². The number of rotatable bonds is 2. The highest BCUT2D eigenvalue weighted by molar-refractivity contribution is 6.63. The maximum Gasteiger partial charge on any atom is 0.497 e. The molecule has 9 heteroatoms. The Labute approximate surface area is 157 Å². The number of carbonyl (C=O) groups is 1. The quantitative estimate of drug-likeness (QED) is 0.736. The summed E-state index contributed by atoms with van der Waals surface area (Å²) in [5, 5.41) is 0. The third kappa shape index (κ3) is 3.85. The summed E-state index contributed by atoms with van der Waals surface area (Å²) in [4.78, 5) is 18.5. The largest absolute Gasteiger partial charge is 0.497 e. The highest BCUT2D eigenvalue weighted by Gasteiger charge is 2.53. The standard InChI is InChI=1S/C18H24BF3N2O3/c1-16(2)17(3,4)27-19(26-16)13-6-5-9-23-14(13)15(25)24-10-7-12(8-11-24)18(20,21)22/h5-6,9,12H,7-8,10-11H2,1-4H3. The molecule has 1 amide bonds. The van der Waals surface area contributed by atoms with E-state index < -0.39 is 30.4 Å². The van der Waals surface area contributed by atoms with E-state index in [0.29, 0.717) is 5.46 Å². The molecule has 0 aliphatic carbocycles. The number of carbonyl (C=O) groups excluding carboxylic acids is 1. The topological polar surface area (TPSA) is 51.7 Å². The first kappa shape index (κ1) is 20.1. The van der Waals surface area contributed by atoms with Gasteiger partial charge in [0.05, 0.1) is 17.1 Å². The van der Waals surface area contributed by atoms with Crippen molar-refractivity contribution >= 4 is 18.5 Å². The lowest BCUT2D eigenvalue weighted by Crippen LogP contribution is -2.46. The van der Waals surface area contributed by atoms with Crippen LogP contribution in [0.1, 0.15) is 51.0 Å². The summed E-state index contributed by atoms with van der Waals surface area (Å²) in [7, 11) is -0.754. The number of halogens is 3. The van der Waals surface area contributed by atoms with Gasteiger partial charge in [0.15, 0.2) is 0 Å². The number of hydrogen-bond donors (Lipinski definition) is 0. The molecule has 0 atom stereocenters. The molecule has 2 saturated heterocycles. The molecule has 1 aromatic heterocycles. The normalized spacial score (nSPS) is 22.9. The van der Waals surface area contributed by atoms with Gasteiger partial charge in [-0.25, -0.2) is 0 Å². The van der Waals surface area contributed by atoms with Crippen LogP contribution in [0, 0.1) is 5.92 Å². The van der Waals surface area contributed by atoms with Crippen molar-refractivity contribution < 1.29 is 27.3 Å². The van der Waals surface area contributed by atoms with E-state index in [-0.39, 0.29) is 37.5 Å². The van der Waals surface area contributed by atoms with Gasteiger partial charge >= 0.3 is 13.3 Å². The molecule has 0 saturated carbocycles. The van der Waals surface area contributed by atoms with E-state index in [1.54, 1.807) is 12.1 Å². The number of alkyl halides is 3. The van der Waals surface area contributed by atoms with Crippen molar-refractivity contribution in [2.45, 2.75) is 57.9 Å². The summed E-state index contributed by atoms with van der Waals surface area (Å²) in [6.45, 7) is 7.75. The Morgan fingerprint density at radius 2 is 1.74 bits per heavy atom. The summed E-state index contributed by atoms with van der Waals surface area (Å²) >= 11 is 0. The lowest BCUT2D eigenvalue weighted by molar-refractivity contribution is -0.183. The lowest BCUT2D eigenvalue weighted by atomic mass is 9.77. The van der Waals surface area contributed by atoms with Crippen LogP contribution in [0.3, 0.4) is 0 Å². The Bertz CT molecular complexity index is 700. The molecule has 3 heterocycles. The van der Waals surface area contributed by atoms with Crippen molar-refractivity contribution in [1.29, 1.82) is 0 Å². The van der Waals surface area contributed by atoms with Gasteiger partial charge in [-0.15, -0.1) is 0 Å². The molecular formula is C18H24BF3N2O3. The minimum absolute atomic E-state index is 0.0579. The van der Waals surface area contributed by atoms with Gasteiger partial charge in [-0.05, 0) is 46.6 Å². The van der Waals surface area contributed by atoms with Gasteiger partial charge in [0.25, 0.3) is 5.91 Å². The molecular weight excluding hydrogens is 360 g/mol. The van der Waals surface area contributed by atoms with Crippen LogP contribution in [-0.4, -0.2) is 53.4 Å². The van der Waals surface area contributed by atoms with Gasteiger partial charge < -0.3 is 14.2 Å². The summed E-state index contributed by atoms with van der Waals surface area (Å²) in [5.74, 6) is -1.74. The van der Waals surface area contributed by atoms with Crippen LogP contribution >= 0.6 is 0 Å². The number of nitrogens with zero attached hydrogens (tertiary/aromatic N) is 2. The van der Waals surface area contributed by atoms with E-state index in [1.165, 1.54) is 11.1 Å². The fraction of sp³-hybridized carbons (Fsp3) is 0.667. The molecule has 2 fully saturated rings.